The van der Waals surface area contributed by atoms with Crippen molar-refractivity contribution < 1.29 is 5.21 Å². The fourth-order valence-corrected chi connectivity index (χ4v) is 1.05. The maximum absolute atomic E-state index is 8.27. The van der Waals surface area contributed by atoms with E-state index >= 15 is 0 Å². The lowest BCUT2D eigenvalue weighted by molar-refractivity contribution is 0.240. The van der Waals surface area contributed by atoms with Gasteiger partial charge in [-0.15, -0.1) is 0 Å². The molecule has 0 fully saturated rings. The molecule has 0 bridgehead atoms. The smallest absolute Gasteiger partial charge is 0.113 e. The second-order valence-electron chi connectivity index (χ2n) is 2.68. The van der Waals surface area contributed by atoms with Crippen LogP contribution < -0.4 is 5.48 Å². The van der Waals surface area contributed by atoms with E-state index < -0.39 is 0 Å². The van der Waals surface area contributed by atoms with E-state index in [1.807, 2.05) is 37.5 Å². The minimum atomic E-state index is 0.863. The summed E-state index contributed by atoms with van der Waals surface area (Å²) in [5.41, 5.74) is 5.04. The molecule has 0 aliphatic heterocycles. The summed E-state index contributed by atoms with van der Waals surface area (Å²) in [7, 11) is 0. The van der Waals surface area contributed by atoms with Gasteiger partial charge in [0.2, 0.25) is 0 Å². The Bertz CT molecular complexity index is 295. The van der Waals surface area contributed by atoms with Gasteiger partial charge in [-0.1, -0.05) is 17.7 Å². The van der Waals surface area contributed by atoms with Crippen LogP contribution in [-0.2, 0) is 0 Å². The van der Waals surface area contributed by atoms with E-state index in [1.54, 1.807) is 0 Å². The van der Waals surface area contributed by atoms with Gasteiger partial charge in [0, 0.05) is 0 Å². The molecule has 0 heterocycles. The normalized spacial score (nSPS) is 10.6. The molecule has 0 radical (unpaired) electrons. The van der Waals surface area contributed by atoms with E-state index in [4.69, 9.17) is 5.21 Å². The third-order valence-electron chi connectivity index (χ3n) is 1.61. The Morgan fingerprint density at radius 3 is 2.75 bits per heavy atom. The Kier molecular flexibility index (Phi) is 2.82. The maximum atomic E-state index is 8.27. The summed E-state index contributed by atoms with van der Waals surface area (Å²) in [5.74, 6) is 0. The van der Waals surface area contributed by atoms with Gasteiger partial charge >= 0.3 is 0 Å². The topological polar surface area (TPSA) is 44.6 Å². The van der Waals surface area contributed by atoms with Gasteiger partial charge in [0.25, 0.3) is 0 Å². The summed E-state index contributed by atoms with van der Waals surface area (Å²) in [6.07, 6.45) is 1.25. The summed E-state index contributed by atoms with van der Waals surface area (Å²) >= 11 is 0. The minimum Gasteiger partial charge on any atom is -0.290 e. The van der Waals surface area contributed by atoms with Crippen LogP contribution in [0.4, 0.5) is 5.69 Å². The van der Waals surface area contributed by atoms with Crippen LogP contribution in [0.2, 0.25) is 0 Å². The van der Waals surface area contributed by atoms with Gasteiger partial charge in [-0.05, 0) is 25.5 Å². The molecule has 1 aromatic rings. The van der Waals surface area contributed by atoms with Crippen molar-refractivity contribution in [3.8, 4) is 0 Å². The second kappa shape index (κ2) is 3.88. The van der Waals surface area contributed by atoms with Gasteiger partial charge in [-0.2, -0.15) is 0 Å². The molecule has 1 aromatic carbocycles. The van der Waals surface area contributed by atoms with Crippen LogP contribution in [0, 0.1) is 13.8 Å². The fraction of sp³-hybridized carbons (Fsp3) is 0.222. The van der Waals surface area contributed by atoms with Crippen LogP contribution in [-0.4, -0.2) is 11.5 Å². The lowest BCUT2D eigenvalue weighted by Gasteiger charge is -1.99. The Morgan fingerprint density at radius 2 is 2.17 bits per heavy atom. The van der Waals surface area contributed by atoms with Crippen molar-refractivity contribution in [1.29, 1.82) is 0 Å². The van der Waals surface area contributed by atoms with Crippen molar-refractivity contribution in [2.75, 3.05) is 0 Å². The number of benzene rings is 1. The largest absolute Gasteiger partial charge is 0.290 e. The molecule has 12 heavy (non-hydrogen) atoms. The molecule has 3 nitrogen and oxygen atoms in total. The highest BCUT2D eigenvalue weighted by Gasteiger charge is 1.93. The number of nitrogens with zero attached hydrogens (tertiary/aromatic N) is 1. The average Bonchev–Trinajstić information content (AvgIpc) is 2.03. The van der Waals surface area contributed by atoms with Crippen LogP contribution in [0.5, 0.6) is 0 Å². The molecule has 0 amide bonds. The van der Waals surface area contributed by atoms with Crippen molar-refractivity contribution in [2.24, 2.45) is 4.99 Å². The van der Waals surface area contributed by atoms with Crippen LogP contribution in [0.25, 0.3) is 0 Å². The summed E-state index contributed by atoms with van der Waals surface area (Å²) in [6.45, 7) is 4.02. The van der Waals surface area contributed by atoms with Crippen molar-refractivity contribution in [2.45, 2.75) is 13.8 Å². The van der Waals surface area contributed by atoms with E-state index in [2.05, 4.69) is 4.99 Å². The molecule has 0 saturated carbocycles. The Hall–Kier alpha value is -1.35. The zero-order valence-corrected chi connectivity index (χ0v) is 7.20. The molecule has 2 N–H and O–H groups in total. The zero-order valence-electron chi connectivity index (χ0n) is 7.20. The summed E-state index contributed by atoms with van der Waals surface area (Å²) in [6, 6.07) is 5.94. The van der Waals surface area contributed by atoms with E-state index in [0.717, 1.165) is 11.3 Å². The summed E-state index contributed by atoms with van der Waals surface area (Å²) < 4.78 is 0. The van der Waals surface area contributed by atoms with E-state index in [0.29, 0.717) is 0 Å². The number of aryl methyl sites for hydroxylation is 2. The third-order valence-corrected chi connectivity index (χ3v) is 1.61. The Balaban J connectivity index is 2.94. The van der Waals surface area contributed by atoms with E-state index in [9.17, 15) is 0 Å². The molecule has 3 heteroatoms. The average molecular weight is 164 g/mol. The van der Waals surface area contributed by atoms with Gasteiger partial charge in [0.15, 0.2) is 0 Å². The quantitative estimate of drug-likeness (QED) is 0.398. The number of hydroxylamine groups is 1. The first-order valence-electron chi connectivity index (χ1n) is 3.73. The molecule has 0 spiro atoms. The first-order valence-corrected chi connectivity index (χ1v) is 3.73. The highest BCUT2D eigenvalue weighted by molar-refractivity contribution is 5.61. The molecular formula is C9H12N2O. The van der Waals surface area contributed by atoms with Gasteiger partial charge in [-0.25, -0.2) is 4.99 Å². The molecule has 1 rings (SSSR count). The van der Waals surface area contributed by atoms with Crippen LogP contribution >= 0.6 is 0 Å². The molecule has 0 aliphatic rings. The van der Waals surface area contributed by atoms with Crippen molar-refractivity contribution >= 4 is 12.0 Å². The molecule has 64 valence electrons. The summed E-state index contributed by atoms with van der Waals surface area (Å²) in [4.78, 5) is 3.98. The lowest BCUT2D eigenvalue weighted by atomic mass is 10.1. The first-order chi connectivity index (χ1) is 5.74. The highest BCUT2D eigenvalue weighted by Crippen LogP contribution is 2.18. The van der Waals surface area contributed by atoms with Crippen LogP contribution in [0.3, 0.4) is 0 Å². The predicted molar refractivity (Wildman–Crippen MR) is 49.0 cm³/mol. The number of nitrogens with one attached hydrogen (secondary N) is 1. The Morgan fingerprint density at radius 1 is 1.42 bits per heavy atom. The number of aliphatic imine (C=N–C) groups is 1. The van der Waals surface area contributed by atoms with Crippen LogP contribution in [0.1, 0.15) is 11.1 Å². The van der Waals surface area contributed by atoms with Crippen molar-refractivity contribution in [3.05, 3.63) is 29.3 Å². The fourth-order valence-electron chi connectivity index (χ4n) is 1.05. The molecule has 0 atom stereocenters. The predicted octanol–water partition coefficient (Wildman–Crippen LogP) is 1.94. The monoisotopic (exact) mass is 164 g/mol. The SMILES string of the molecule is Cc1ccc(N=CNO)c(C)c1. The van der Waals surface area contributed by atoms with Gasteiger partial charge in [-0.3, -0.25) is 10.7 Å². The molecular weight excluding hydrogens is 152 g/mol. The van der Waals surface area contributed by atoms with Gasteiger partial charge in [0.1, 0.15) is 6.34 Å². The lowest BCUT2D eigenvalue weighted by Crippen LogP contribution is -2.01. The van der Waals surface area contributed by atoms with Crippen molar-refractivity contribution in [3.63, 3.8) is 0 Å². The second-order valence-corrected chi connectivity index (χ2v) is 2.68. The van der Waals surface area contributed by atoms with Gasteiger partial charge < -0.3 is 0 Å². The van der Waals surface area contributed by atoms with Crippen molar-refractivity contribution in [1.82, 2.24) is 5.48 Å². The molecule has 0 aromatic heterocycles. The zero-order chi connectivity index (χ0) is 8.97. The standard InChI is InChI=1S/C9H12N2O/c1-7-3-4-9(8(2)5-7)10-6-11-12/h3-6,12H,1-2H3,(H,10,11). The van der Waals surface area contributed by atoms with E-state index in [-0.39, 0.29) is 0 Å². The highest BCUT2D eigenvalue weighted by atomic mass is 16.5. The Labute approximate surface area is 71.7 Å². The third kappa shape index (κ3) is 2.07. The maximum Gasteiger partial charge on any atom is 0.113 e. The molecule has 0 unspecified atom stereocenters. The molecule has 0 aliphatic carbocycles. The van der Waals surface area contributed by atoms with Crippen LogP contribution in [0.15, 0.2) is 23.2 Å². The molecule has 0 saturated heterocycles. The number of hydrogen-bond acceptors (Lipinski definition) is 2. The summed E-state index contributed by atoms with van der Waals surface area (Å²) in [5, 5.41) is 8.27. The number of hydrogen-bond donors (Lipinski definition) is 2. The van der Waals surface area contributed by atoms with E-state index in [1.165, 1.54) is 11.9 Å². The first kappa shape index (κ1) is 8.74. The number of rotatable bonds is 2. The van der Waals surface area contributed by atoms with Gasteiger partial charge in [0.05, 0.1) is 5.69 Å². The minimum absolute atomic E-state index is 0.863.